The van der Waals surface area contributed by atoms with Crippen LogP contribution in [0.3, 0.4) is 0 Å². The van der Waals surface area contributed by atoms with Gasteiger partial charge in [-0.1, -0.05) is 47.5 Å². The summed E-state index contributed by atoms with van der Waals surface area (Å²) in [7, 11) is -2.64. The quantitative estimate of drug-likeness (QED) is 0.380. The number of ether oxygens (including phenoxy) is 1. The molecule has 0 aliphatic heterocycles. The SMILES string of the molecule is COc1ccc(S(=O)(=O)N(CC(=O)N(Cc2ccc(C)cc2)C(C)C(=O)NC(C)(C)C)c2ccc(C)cc2)cc1. The van der Waals surface area contributed by atoms with Crippen molar-refractivity contribution in [1.82, 2.24) is 10.2 Å². The van der Waals surface area contributed by atoms with Crippen molar-refractivity contribution < 1.29 is 22.7 Å². The van der Waals surface area contributed by atoms with Gasteiger partial charge in [0, 0.05) is 12.1 Å². The van der Waals surface area contributed by atoms with Crippen LogP contribution in [0.1, 0.15) is 44.4 Å². The highest BCUT2D eigenvalue weighted by atomic mass is 32.2. The smallest absolute Gasteiger partial charge is 0.264 e. The summed E-state index contributed by atoms with van der Waals surface area (Å²) in [6, 6.07) is 19.8. The second-order valence-electron chi connectivity index (χ2n) is 10.9. The first-order valence-electron chi connectivity index (χ1n) is 13.1. The molecule has 9 heteroatoms. The number of hydrogen-bond donors (Lipinski definition) is 1. The molecule has 1 unspecified atom stereocenters. The molecule has 214 valence electrons. The molecule has 0 radical (unpaired) electrons. The van der Waals surface area contributed by atoms with Crippen molar-refractivity contribution in [2.45, 2.75) is 64.6 Å². The van der Waals surface area contributed by atoms with E-state index in [0.29, 0.717) is 11.4 Å². The Bertz CT molecular complexity index is 1410. The molecule has 0 aromatic heterocycles. The van der Waals surface area contributed by atoms with Gasteiger partial charge < -0.3 is 15.0 Å². The summed E-state index contributed by atoms with van der Waals surface area (Å²) < 4.78 is 34.1. The van der Waals surface area contributed by atoms with Gasteiger partial charge in [-0.2, -0.15) is 0 Å². The average Bonchev–Trinajstić information content (AvgIpc) is 2.90. The van der Waals surface area contributed by atoms with Gasteiger partial charge in [-0.25, -0.2) is 8.42 Å². The topological polar surface area (TPSA) is 96.0 Å². The molecule has 3 rings (SSSR count). The average molecular weight is 566 g/mol. The summed E-state index contributed by atoms with van der Waals surface area (Å²) >= 11 is 0. The molecule has 0 bridgehead atoms. The zero-order valence-corrected chi connectivity index (χ0v) is 25.1. The van der Waals surface area contributed by atoms with Gasteiger partial charge in [0.25, 0.3) is 10.0 Å². The molecule has 0 aliphatic rings. The molecule has 0 saturated heterocycles. The molecule has 0 spiro atoms. The van der Waals surface area contributed by atoms with Crippen LogP contribution in [0.5, 0.6) is 5.75 Å². The molecular formula is C31H39N3O5S. The zero-order chi connectivity index (χ0) is 29.7. The van der Waals surface area contributed by atoms with E-state index in [0.717, 1.165) is 21.0 Å². The van der Waals surface area contributed by atoms with Crippen LogP contribution in [0.4, 0.5) is 5.69 Å². The maximum Gasteiger partial charge on any atom is 0.264 e. The van der Waals surface area contributed by atoms with E-state index >= 15 is 0 Å². The molecular weight excluding hydrogens is 526 g/mol. The largest absolute Gasteiger partial charge is 0.497 e. The molecule has 3 aromatic carbocycles. The first-order valence-corrected chi connectivity index (χ1v) is 14.6. The Morgan fingerprint density at radius 2 is 1.40 bits per heavy atom. The third-order valence-corrected chi connectivity index (χ3v) is 8.18. The minimum atomic E-state index is -4.14. The molecule has 3 aromatic rings. The number of amides is 2. The molecule has 8 nitrogen and oxygen atoms in total. The summed E-state index contributed by atoms with van der Waals surface area (Å²) in [4.78, 5) is 28.6. The lowest BCUT2D eigenvalue weighted by Gasteiger charge is -2.33. The molecule has 0 heterocycles. The molecule has 2 amide bonds. The summed E-state index contributed by atoms with van der Waals surface area (Å²) in [5.41, 5.74) is 2.68. The van der Waals surface area contributed by atoms with Gasteiger partial charge in [0.05, 0.1) is 17.7 Å². The van der Waals surface area contributed by atoms with Crippen LogP contribution in [0.2, 0.25) is 0 Å². The molecule has 0 aliphatic carbocycles. The lowest BCUT2D eigenvalue weighted by Crippen LogP contribution is -2.54. The molecule has 1 atom stereocenters. The Morgan fingerprint density at radius 3 is 1.90 bits per heavy atom. The number of nitrogens with zero attached hydrogens (tertiary/aromatic N) is 2. The van der Waals surface area contributed by atoms with E-state index in [1.165, 1.54) is 24.1 Å². The number of benzene rings is 3. The second kappa shape index (κ2) is 12.6. The number of nitrogens with one attached hydrogen (secondary N) is 1. The summed E-state index contributed by atoms with van der Waals surface area (Å²) in [5.74, 6) is -0.317. The van der Waals surface area contributed by atoms with Crippen molar-refractivity contribution in [2.24, 2.45) is 0 Å². The van der Waals surface area contributed by atoms with Crippen LogP contribution >= 0.6 is 0 Å². The fourth-order valence-electron chi connectivity index (χ4n) is 4.06. The van der Waals surface area contributed by atoms with Gasteiger partial charge in [0.1, 0.15) is 18.3 Å². The van der Waals surface area contributed by atoms with Gasteiger partial charge in [0.2, 0.25) is 11.8 Å². The predicted octanol–water partition coefficient (Wildman–Crippen LogP) is 4.84. The Kier molecular flexibility index (Phi) is 9.63. The van der Waals surface area contributed by atoms with Crippen LogP contribution < -0.4 is 14.4 Å². The van der Waals surface area contributed by atoms with Crippen LogP contribution in [-0.2, 0) is 26.2 Å². The monoisotopic (exact) mass is 565 g/mol. The lowest BCUT2D eigenvalue weighted by molar-refractivity contribution is -0.140. The van der Waals surface area contributed by atoms with Crippen molar-refractivity contribution in [1.29, 1.82) is 0 Å². The normalized spacial score (nSPS) is 12.4. The number of carbonyl (C=O) groups is 2. The first kappa shape index (κ1) is 30.7. The molecule has 0 saturated carbocycles. The third-order valence-electron chi connectivity index (χ3n) is 6.39. The minimum absolute atomic E-state index is 0.0188. The molecule has 0 fully saturated rings. The maximum absolute atomic E-state index is 14.0. The number of anilines is 1. The van der Waals surface area contributed by atoms with Crippen molar-refractivity contribution in [3.8, 4) is 5.75 Å². The highest BCUT2D eigenvalue weighted by molar-refractivity contribution is 7.92. The zero-order valence-electron chi connectivity index (χ0n) is 24.3. The number of methoxy groups -OCH3 is 1. The highest BCUT2D eigenvalue weighted by Gasteiger charge is 2.33. The van der Waals surface area contributed by atoms with Crippen LogP contribution in [0.25, 0.3) is 0 Å². The summed E-state index contributed by atoms with van der Waals surface area (Å²) in [6.45, 7) is 10.8. The number of sulfonamides is 1. The number of rotatable bonds is 10. The lowest BCUT2D eigenvalue weighted by atomic mass is 10.1. The Labute approximate surface area is 238 Å². The highest BCUT2D eigenvalue weighted by Crippen LogP contribution is 2.26. The van der Waals surface area contributed by atoms with E-state index in [1.807, 2.05) is 58.9 Å². The van der Waals surface area contributed by atoms with E-state index in [-0.39, 0.29) is 17.3 Å². The predicted molar refractivity (Wildman–Crippen MR) is 158 cm³/mol. The molecule has 40 heavy (non-hydrogen) atoms. The van der Waals surface area contributed by atoms with Crippen LogP contribution in [0, 0.1) is 13.8 Å². The van der Waals surface area contributed by atoms with E-state index in [1.54, 1.807) is 43.3 Å². The number of hydrogen-bond acceptors (Lipinski definition) is 5. The summed E-state index contributed by atoms with van der Waals surface area (Å²) in [6.07, 6.45) is 0. The first-order chi connectivity index (χ1) is 18.7. The third kappa shape index (κ3) is 7.85. The second-order valence-corrected chi connectivity index (χ2v) is 12.8. The van der Waals surface area contributed by atoms with Crippen molar-refractivity contribution in [3.63, 3.8) is 0 Å². The van der Waals surface area contributed by atoms with Gasteiger partial charge in [-0.05, 0) is 83.5 Å². The van der Waals surface area contributed by atoms with Gasteiger partial charge >= 0.3 is 0 Å². The van der Waals surface area contributed by atoms with Gasteiger partial charge in [-0.15, -0.1) is 0 Å². The summed E-state index contributed by atoms with van der Waals surface area (Å²) in [5, 5.41) is 2.93. The van der Waals surface area contributed by atoms with E-state index < -0.39 is 34.1 Å². The van der Waals surface area contributed by atoms with Crippen molar-refractivity contribution in [2.75, 3.05) is 18.0 Å². The molecule has 1 N–H and O–H groups in total. The van der Waals surface area contributed by atoms with Crippen LogP contribution in [-0.4, -0.2) is 50.4 Å². The number of carbonyl (C=O) groups excluding carboxylic acids is 2. The maximum atomic E-state index is 14.0. The van der Waals surface area contributed by atoms with Gasteiger partial charge in [0.15, 0.2) is 0 Å². The van der Waals surface area contributed by atoms with Crippen molar-refractivity contribution in [3.05, 3.63) is 89.5 Å². The fraction of sp³-hybridized carbons (Fsp3) is 0.355. The van der Waals surface area contributed by atoms with Gasteiger partial charge in [-0.3, -0.25) is 13.9 Å². The fourth-order valence-corrected chi connectivity index (χ4v) is 5.48. The standard InChI is InChI=1S/C31H39N3O5S/c1-22-8-12-25(13-9-22)20-33(24(3)30(36)32-31(4,5)6)29(35)21-34(26-14-10-23(2)11-15-26)40(37,38)28-18-16-27(39-7)17-19-28/h8-19,24H,20-21H2,1-7H3,(H,32,36). The Hall–Kier alpha value is -3.85. The van der Waals surface area contributed by atoms with E-state index in [9.17, 15) is 18.0 Å². The van der Waals surface area contributed by atoms with Crippen molar-refractivity contribution >= 4 is 27.5 Å². The number of aryl methyl sites for hydroxylation is 2. The Balaban J connectivity index is 2.03. The van der Waals surface area contributed by atoms with E-state index in [2.05, 4.69) is 5.32 Å². The Morgan fingerprint density at radius 1 is 0.875 bits per heavy atom. The minimum Gasteiger partial charge on any atom is -0.497 e. The van der Waals surface area contributed by atoms with Crippen LogP contribution in [0.15, 0.2) is 77.7 Å². The van der Waals surface area contributed by atoms with E-state index in [4.69, 9.17) is 4.74 Å².